The third-order valence-electron chi connectivity index (χ3n) is 2.60. The van der Waals surface area contributed by atoms with E-state index >= 15 is 0 Å². The zero-order valence-electron chi connectivity index (χ0n) is 8.54. The lowest BCUT2D eigenvalue weighted by Gasteiger charge is -2.15. The van der Waals surface area contributed by atoms with Gasteiger partial charge in [-0.1, -0.05) is 5.21 Å². The highest BCUT2D eigenvalue weighted by Crippen LogP contribution is 2.08. The molecule has 1 saturated heterocycles. The van der Waals surface area contributed by atoms with Gasteiger partial charge in [-0.3, -0.25) is 9.48 Å². The summed E-state index contributed by atoms with van der Waals surface area (Å²) in [6, 6.07) is 0.153. The van der Waals surface area contributed by atoms with Crippen LogP contribution >= 0.6 is 0 Å². The summed E-state index contributed by atoms with van der Waals surface area (Å²) < 4.78 is 1.66. The minimum absolute atomic E-state index is 0.151. The third kappa shape index (κ3) is 2.53. The van der Waals surface area contributed by atoms with E-state index < -0.39 is 0 Å². The van der Waals surface area contributed by atoms with Crippen LogP contribution in [0, 0.1) is 0 Å². The number of aromatic nitrogens is 3. The molecule has 0 bridgehead atoms. The number of hydrogen-bond donors (Lipinski definition) is 1. The molecule has 1 atom stereocenters. The Hall–Kier alpha value is -1.43. The van der Waals surface area contributed by atoms with Crippen LogP contribution in [-0.4, -0.2) is 44.9 Å². The van der Waals surface area contributed by atoms with Gasteiger partial charge in [-0.25, -0.2) is 0 Å². The molecule has 0 aromatic carbocycles. The van der Waals surface area contributed by atoms with Crippen molar-refractivity contribution in [1.29, 1.82) is 0 Å². The molecule has 1 aliphatic rings. The normalized spacial score (nSPS) is 20.9. The standard InChI is InChI=1S/C9H15N5O/c10-8-1-4-13(7-8)9(15)2-5-14-6-3-11-12-14/h3,6,8H,1-2,4-5,7,10H2/t8-/m0/s1. The molecule has 2 rings (SSSR count). The Bertz CT molecular complexity index is 323. The smallest absolute Gasteiger partial charge is 0.224 e. The van der Waals surface area contributed by atoms with E-state index in [0.717, 1.165) is 13.0 Å². The van der Waals surface area contributed by atoms with Crippen molar-refractivity contribution in [3.05, 3.63) is 12.4 Å². The summed E-state index contributed by atoms with van der Waals surface area (Å²) >= 11 is 0. The van der Waals surface area contributed by atoms with Crippen molar-refractivity contribution in [2.45, 2.75) is 25.4 Å². The van der Waals surface area contributed by atoms with E-state index in [9.17, 15) is 4.79 Å². The minimum Gasteiger partial charge on any atom is -0.341 e. The predicted molar refractivity (Wildman–Crippen MR) is 53.8 cm³/mol. The van der Waals surface area contributed by atoms with Crippen molar-refractivity contribution in [1.82, 2.24) is 19.9 Å². The number of carbonyl (C=O) groups excluding carboxylic acids is 1. The third-order valence-corrected chi connectivity index (χ3v) is 2.60. The Morgan fingerprint density at radius 1 is 1.60 bits per heavy atom. The number of carbonyl (C=O) groups is 1. The number of amides is 1. The molecular weight excluding hydrogens is 194 g/mol. The largest absolute Gasteiger partial charge is 0.341 e. The molecule has 2 heterocycles. The van der Waals surface area contributed by atoms with Crippen LogP contribution in [0.3, 0.4) is 0 Å². The van der Waals surface area contributed by atoms with Crippen LogP contribution < -0.4 is 5.73 Å². The Morgan fingerprint density at radius 3 is 3.07 bits per heavy atom. The molecule has 1 amide bonds. The van der Waals surface area contributed by atoms with Gasteiger partial charge in [0.1, 0.15) is 0 Å². The van der Waals surface area contributed by atoms with Gasteiger partial charge in [0.05, 0.1) is 12.7 Å². The molecule has 6 heteroatoms. The second kappa shape index (κ2) is 4.39. The molecule has 6 nitrogen and oxygen atoms in total. The maximum absolute atomic E-state index is 11.7. The van der Waals surface area contributed by atoms with Gasteiger partial charge in [0.25, 0.3) is 0 Å². The Kier molecular flexibility index (Phi) is 2.96. The van der Waals surface area contributed by atoms with E-state index in [1.165, 1.54) is 0 Å². The second-order valence-electron chi connectivity index (χ2n) is 3.80. The maximum atomic E-state index is 11.7. The molecule has 1 aliphatic heterocycles. The Labute approximate surface area is 88.0 Å². The number of nitrogens with zero attached hydrogens (tertiary/aromatic N) is 4. The number of hydrogen-bond acceptors (Lipinski definition) is 4. The van der Waals surface area contributed by atoms with Crippen LogP contribution in [0.2, 0.25) is 0 Å². The molecule has 0 spiro atoms. The zero-order chi connectivity index (χ0) is 10.7. The van der Waals surface area contributed by atoms with Crippen molar-refractivity contribution in [3.8, 4) is 0 Å². The summed E-state index contributed by atoms with van der Waals surface area (Å²) in [7, 11) is 0. The number of nitrogens with two attached hydrogens (primary N) is 1. The van der Waals surface area contributed by atoms with Gasteiger partial charge in [0, 0.05) is 31.7 Å². The molecule has 82 valence electrons. The summed E-state index contributed by atoms with van der Waals surface area (Å²) in [5, 5.41) is 7.48. The molecule has 0 radical (unpaired) electrons. The molecule has 1 aromatic heterocycles. The molecule has 0 unspecified atom stereocenters. The topological polar surface area (TPSA) is 77.0 Å². The lowest BCUT2D eigenvalue weighted by molar-refractivity contribution is -0.130. The van der Waals surface area contributed by atoms with Crippen LogP contribution in [-0.2, 0) is 11.3 Å². The van der Waals surface area contributed by atoms with Crippen molar-refractivity contribution in [3.63, 3.8) is 0 Å². The van der Waals surface area contributed by atoms with E-state index in [1.54, 1.807) is 17.1 Å². The fraction of sp³-hybridized carbons (Fsp3) is 0.667. The first-order valence-corrected chi connectivity index (χ1v) is 5.13. The highest BCUT2D eigenvalue weighted by Gasteiger charge is 2.22. The van der Waals surface area contributed by atoms with Gasteiger partial charge in [0.2, 0.25) is 5.91 Å². The first-order chi connectivity index (χ1) is 7.25. The van der Waals surface area contributed by atoms with Crippen molar-refractivity contribution in [2.24, 2.45) is 5.73 Å². The average Bonchev–Trinajstić information content (AvgIpc) is 2.84. The molecule has 1 fully saturated rings. The van der Waals surface area contributed by atoms with Gasteiger partial charge in [-0.15, -0.1) is 5.10 Å². The summed E-state index contributed by atoms with van der Waals surface area (Å²) in [4.78, 5) is 13.5. The van der Waals surface area contributed by atoms with Crippen LogP contribution in [0.5, 0.6) is 0 Å². The van der Waals surface area contributed by atoms with E-state index in [1.807, 2.05) is 4.90 Å². The lowest BCUT2D eigenvalue weighted by atomic mass is 10.3. The van der Waals surface area contributed by atoms with Crippen LogP contribution in [0.4, 0.5) is 0 Å². The van der Waals surface area contributed by atoms with Gasteiger partial charge < -0.3 is 10.6 Å². The summed E-state index contributed by atoms with van der Waals surface area (Å²) in [6.07, 6.45) is 4.74. The van der Waals surface area contributed by atoms with E-state index in [0.29, 0.717) is 19.5 Å². The van der Waals surface area contributed by atoms with Crippen LogP contribution in [0.25, 0.3) is 0 Å². The lowest BCUT2D eigenvalue weighted by Crippen LogP contribution is -2.32. The summed E-state index contributed by atoms with van der Waals surface area (Å²) in [6.45, 7) is 2.07. The van der Waals surface area contributed by atoms with Crippen LogP contribution in [0.1, 0.15) is 12.8 Å². The molecule has 1 aromatic rings. The van der Waals surface area contributed by atoms with Gasteiger partial charge in [-0.05, 0) is 6.42 Å². The number of likely N-dealkylation sites (tertiary alicyclic amines) is 1. The van der Waals surface area contributed by atoms with Gasteiger partial charge in [-0.2, -0.15) is 0 Å². The molecule has 0 aliphatic carbocycles. The number of aryl methyl sites for hydroxylation is 1. The fourth-order valence-corrected chi connectivity index (χ4v) is 1.73. The van der Waals surface area contributed by atoms with E-state index in [4.69, 9.17) is 5.73 Å². The van der Waals surface area contributed by atoms with Crippen LogP contribution in [0.15, 0.2) is 12.4 Å². The summed E-state index contributed by atoms with van der Waals surface area (Å²) in [5.74, 6) is 0.151. The second-order valence-corrected chi connectivity index (χ2v) is 3.80. The predicted octanol–water partition coefficient (Wildman–Crippen LogP) is -0.772. The zero-order valence-corrected chi connectivity index (χ0v) is 8.54. The van der Waals surface area contributed by atoms with Gasteiger partial charge in [0.15, 0.2) is 0 Å². The maximum Gasteiger partial charge on any atom is 0.224 e. The van der Waals surface area contributed by atoms with Crippen molar-refractivity contribution >= 4 is 5.91 Å². The first kappa shape index (κ1) is 10.1. The van der Waals surface area contributed by atoms with Crippen molar-refractivity contribution < 1.29 is 4.79 Å². The average molecular weight is 209 g/mol. The van der Waals surface area contributed by atoms with E-state index in [2.05, 4.69) is 10.3 Å². The van der Waals surface area contributed by atoms with Gasteiger partial charge >= 0.3 is 0 Å². The highest BCUT2D eigenvalue weighted by molar-refractivity contribution is 5.76. The Morgan fingerprint density at radius 2 is 2.47 bits per heavy atom. The first-order valence-electron chi connectivity index (χ1n) is 5.13. The monoisotopic (exact) mass is 209 g/mol. The molecule has 2 N–H and O–H groups in total. The SMILES string of the molecule is N[C@H]1CCN(C(=O)CCn2ccnn2)C1. The Balaban J connectivity index is 1.78. The summed E-state index contributed by atoms with van der Waals surface area (Å²) in [5.41, 5.74) is 5.73. The van der Waals surface area contributed by atoms with E-state index in [-0.39, 0.29) is 11.9 Å². The number of rotatable bonds is 3. The fourth-order valence-electron chi connectivity index (χ4n) is 1.73. The molecule has 15 heavy (non-hydrogen) atoms. The molecule has 0 saturated carbocycles. The molecular formula is C9H15N5O. The quantitative estimate of drug-likeness (QED) is 0.709. The van der Waals surface area contributed by atoms with Crippen molar-refractivity contribution in [2.75, 3.05) is 13.1 Å². The highest BCUT2D eigenvalue weighted by atomic mass is 16.2. The minimum atomic E-state index is 0.151.